The van der Waals surface area contributed by atoms with Crippen LogP contribution in [0.15, 0.2) is 46.4 Å². The molecule has 1 fully saturated rings. The maximum Gasteiger partial charge on any atom is 0.181 e. The van der Waals surface area contributed by atoms with Gasteiger partial charge in [0.25, 0.3) is 0 Å². The van der Waals surface area contributed by atoms with Crippen LogP contribution < -0.4 is 0 Å². The second-order valence-electron chi connectivity index (χ2n) is 7.44. The minimum Gasteiger partial charge on any atom is -0.223 e. The van der Waals surface area contributed by atoms with E-state index in [0.717, 1.165) is 12.3 Å². The molecular formula is C19H24O2S. The van der Waals surface area contributed by atoms with Crippen LogP contribution in [0.2, 0.25) is 0 Å². The maximum atomic E-state index is 13.1. The molecule has 0 aromatic heterocycles. The molecule has 0 aliphatic heterocycles. The quantitative estimate of drug-likeness (QED) is 0.765. The van der Waals surface area contributed by atoms with E-state index in [2.05, 4.69) is 13.8 Å². The molecule has 3 heteroatoms. The summed E-state index contributed by atoms with van der Waals surface area (Å²) >= 11 is 0. The van der Waals surface area contributed by atoms with Crippen molar-refractivity contribution in [3.05, 3.63) is 41.5 Å². The van der Waals surface area contributed by atoms with E-state index in [1.807, 2.05) is 18.2 Å². The molecule has 118 valence electrons. The van der Waals surface area contributed by atoms with Crippen molar-refractivity contribution in [2.45, 2.75) is 49.7 Å². The van der Waals surface area contributed by atoms with E-state index in [4.69, 9.17) is 0 Å². The van der Waals surface area contributed by atoms with E-state index in [9.17, 15) is 8.42 Å². The van der Waals surface area contributed by atoms with Crippen molar-refractivity contribution in [3.8, 4) is 0 Å². The predicted octanol–water partition coefficient (Wildman–Crippen LogP) is 4.23. The first-order chi connectivity index (χ1) is 10.5. The fourth-order valence-electron chi connectivity index (χ4n) is 5.40. The van der Waals surface area contributed by atoms with Crippen LogP contribution in [0, 0.1) is 23.7 Å². The van der Waals surface area contributed by atoms with Crippen molar-refractivity contribution < 1.29 is 8.42 Å². The fraction of sp³-hybridized carbons (Fsp3) is 0.579. The molecule has 1 aromatic rings. The van der Waals surface area contributed by atoms with Crippen molar-refractivity contribution in [1.29, 1.82) is 0 Å². The largest absolute Gasteiger partial charge is 0.223 e. The van der Waals surface area contributed by atoms with Gasteiger partial charge in [-0.15, -0.1) is 0 Å². The zero-order valence-corrected chi connectivity index (χ0v) is 14.1. The maximum absolute atomic E-state index is 13.1. The van der Waals surface area contributed by atoms with Crippen LogP contribution in [-0.2, 0) is 9.84 Å². The minimum atomic E-state index is -3.23. The molecule has 2 nitrogen and oxygen atoms in total. The van der Waals surface area contributed by atoms with E-state index in [1.54, 1.807) is 17.7 Å². The number of benzene rings is 1. The lowest BCUT2D eigenvalue weighted by atomic mass is 9.72. The first-order valence-corrected chi connectivity index (χ1v) is 10.1. The van der Waals surface area contributed by atoms with Gasteiger partial charge < -0.3 is 0 Å². The summed E-state index contributed by atoms with van der Waals surface area (Å²) in [4.78, 5) is 0.492. The molecule has 0 unspecified atom stereocenters. The number of sulfone groups is 1. The number of rotatable bonds is 2. The Kier molecular flexibility index (Phi) is 3.26. The zero-order valence-electron chi connectivity index (χ0n) is 13.3. The van der Waals surface area contributed by atoms with Crippen LogP contribution in [-0.4, -0.2) is 13.7 Å². The summed E-state index contributed by atoms with van der Waals surface area (Å²) in [7, 11) is -3.23. The van der Waals surface area contributed by atoms with Gasteiger partial charge in [0.15, 0.2) is 9.84 Å². The van der Waals surface area contributed by atoms with Crippen LogP contribution in [0.3, 0.4) is 0 Å². The number of fused-ring (bicyclic) bond motifs is 4. The first kappa shape index (κ1) is 14.5. The van der Waals surface area contributed by atoms with Gasteiger partial charge in [0.2, 0.25) is 0 Å². The molecule has 5 atom stereocenters. The van der Waals surface area contributed by atoms with E-state index in [1.165, 1.54) is 24.8 Å². The second kappa shape index (κ2) is 4.95. The summed E-state index contributed by atoms with van der Waals surface area (Å²) in [5.41, 5.74) is 3.17. The molecule has 0 saturated heterocycles. The Morgan fingerprint density at radius 3 is 2.23 bits per heavy atom. The molecule has 3 aliphatic rings. The normalized spacial score (nSPS) is 37.5. The number of allylic oxidation sites excluding steroid dienone is 2. The van der Waals surface area contributed by atoms with Crippen molar-refractivity contribution >= 4 is 9.84 Å². The molecule has 22 heavy (non-hydrogen) atoms. The SMILES string of the molecule is C[C@@H]1C[C@@H](S(=O)(=O)c2ccccc2)[C@@H](C)C2=C1[C@H]1CC[C@H]2C1. The van der Waals surface area contributed by atoms with E-state index in [0.29, 0.717) is 16.7 Å². The molecule has 0 spiro atoms. The van der Waals surface area contributed by atoms with Crippen LogP contribution in [0.5, 0.6) is 0 Å². The highest BCUT2D eigenvalue weighted by Gasteiger charge is 2.49. The van der Waals surface area contributed by atoms with E-state index < -0.39 is 9.84 Å². The highest BCUT2D eigenvalue weighted by atomic mass is 32.2. The monoisotopic (exact) mass is 316 g/mol. The van der Waals surface area contributed by atoms with E-state index >= 15 is 0 Å². The van der Waals surface area contributed by atoms with Gasteiger partial charge in [-0.05, 0) is 61.5 Å². The lowest BCUT2D eigenvalue weighted by molar-refractivity contribution is 0.394. The van der Waals surface area contributed by atoms with Crippen LogP contribution in [0.1, 0.15) is 39.5 Å². The highest BCUT2D eigenvalue weighted by Crippen LogP contribution is 2.57. The van der Waals surface area contributed by atoms with Gasteiger partial charge in [-0.3, -0.25) is 0 Å². The average molecular weight is 316 g/mol. The van der Waals surface area contributed by atoms with Gasteiger partial charge in [0, 0.05) is 0 Å². The van der Waals surface area contributed by atoms with Gasteiger partial charge in [-0.2, -0.15) is 0 Å². The average Bonchev–Trinajstić information content (AvgIpc) is 3.13. The van der Waals surface area contributed by atoms with Crippen molar-refractivity contribution in [2.75, 3.05) is 0 Å². The standard InChI is InChI=1S/C19H24O2S/c1-12-10-17(22(20,21)16-6-4-3-5-7-16)13(2)19-15-9-8-14(11-15)18(12)19/h3-7,12-15,17H,8-11H2,1-2H3/t12-,13-,14+,15+,17-/m1/s1. The minimum absolute atomic E-state index is 0.187. The molecule has 3 aliphatic carbocycles. The Balaban J connectivity index is 1.75. The Morgan fingerprint density at radius 1 is 0.909 bits per heavy atom. The molecule has 4 rings (SSSR count). The first-order valence-electron chi connectivity index (χ1n) is 8.53. The van der Waals surface area contributed by atoms with Gasteiger partial charge in [0.05, 0.1) is 10.1 Å². The third-order valence-corrected chi connectivity index (χ3v) is 8.61. The molecule has 0 N–H and O–H groups in total. The van der Waals surface area contributed by atoms with E-state index in [-0.39, 0.29) is 11.2 Å². The summed E-state index contributed by atoms with van der Waals surface area (Å²) < 4.78 is 26.2. The van der Waals surface area contributed by atoms with Crippen LogP contribution in [0.4, 0.5) is 0 Å². The van der Waals surface area contributed by atoms with Gasteiger partial charge in [-0.25, -0.2) is 8.42 Å². The smallest absolute Gasteiger partial charge is 0.181 e. The van der Waals surface area contributed by atoms with Crippen LogP contribution in [0.25, 0.3) is 0 Å². The molecule has 2 bridgehead atoms. The Labute approximate surface area is 133 Å². The second-order valence-corrected chi connectivity index (χ2v) is 9.61. The number of hydrogen-bond donors (Lipinski definition) is 0. The Hall–Kier alpha value is -1.09. The molecule has 0 amide bonds. The summed E-state index contributed by atoms with van der Waals surface area (Å²) in [6, 6.07) is 9.02. The summed E-state index contributed by atoms with van der Waals surface area (Å²) in [6.07, 6.45) is 4.69. The third kappa shape index (κ3) is 1.94. The van der Waals surface area contributed by atoms with Gasteiger partial charge in [0.1, 0.15) is 0 Å². The van der Waals surface area contributed by atoms with Crippen molar-refractivity contribution in [3.63, 3.8) is 0 Å². The molecule has 0 heterocycles. The van der Waals surface area contributed by atoms with Crippen molar-refractivity contribution in [1.82, 2.24) is 0 Å². The van der Waals surface area contributed by atoms with Gasteiger partial charge in [-0.1, -0.05) is 43.2 Å². The fourth-order valence-corrected chi connectivity index (χ4v) is 7.51. The topological polar surface area (TPSA) is 34.1 Å². The molecular weight excluding hydrogens is 292 g/mol. The van der Waals surface area contributed by atoms with Crippen LogP contribution >= 0.6 is 0 Å². The predicted molar refractivity (Wildman–Crippen MR) is 88.2 cm³/mol. The molecule has 1 saturated carbocycles. The zero-order chi connectivity index (χ0) is 15.5. The summed E-state index contributed by atoms with van der Waals surface area (Å²) in [5, 5.41) is -0.247. The molecule has 1 aromatic carbocycles. The summed E-state index contributed by atoms with van der Waals surface area (Å²) in [6.45, 7) is 4.41. The third-order valence-electron chi connectivity index (χ3n) is 6.28. The van der Waals surface area contributed by atoms with Gasteiger partial charge >= 0.3 is 0 Å². The molecule has 0 radical (unpaired) electrons. The highest BCUT2D eigenvalue weighted by molar-refractivity contribution is 7.92. The van der Waals surface area contributed by atoms with Crippen molar-refractivity contribution in [2.24, 2.45) is 23.7 Å². The number of hydrogen-bond acceptors (Lipinski definition) is 2. The lowest BCUT2D eigenvalue weighted by Crippen LogP contribution is -2.37. The Morgan fingerprint density at radius 2 is 1.55 bits per heavy atom. The summed E-state index contributed by atoms with van der Waals surface area (Å²) in [5.74, 6) is 2.06. The Bertz CT molecular complexity index is 717. The lowest BCUT2D eigenvalue weighted by Gasteiger charge is -2.39.